The number of esters is 1. The summed E-state index contributed by atoms with van der Waals surface area (Å²) in [6.07, 6.45) is 10.5. The van der Waals surface area contributed by atoms with E-state index in [1.165, 1.54) is 39.2 Å². The highest BCUT2D eigenvalue weighted by Crippen LogP contribution is 2.26. The Morgan fingerprint density at radius 2 is 1.57 bits per heavy atom. The first-order valence-corrected chi connectivity index (χ1v) is 8.59. The van der Waals surface area contributed by atoms with Crippen LogP contribution in [0.5, 0.6) is 0 Å². The van der Waals surface area contributed by atoms with E-state index < -0.39 is 0 Å². The lowest BCUT2D eigenvalue weighted by atomic mass is 9.84. The van der Waals surface area contributed by atoms with E-state index in [-0.39, 0.29) is 11.9 Å². The molecule has 0 radical (unpaired) electrons. The number of rotatable bonds is 12. The molecule has 0 unspecified atom stereocenters. The minimum Gasteiger partial charge on any atom is -0.469 e. The summed E-state index contributed by atoms with van der Waals surface area (Å²) < 4.78 is 4.80. The van der Waals surface area contributed by atoms with Crippen molar-refractivity contribution >= 4 is 5.97 Å². The third-order valence-corrected chi connectivity index (χ3v) is 4.32. The molecule has 124 valence electrons. The highest BCUT2D eigenvalue weighted by Gasteiger charge is 2.19. The van der Waals surface area contributed by atoms with Gasteiger partial charge in [-0.2, -0.15) is 0 Å². The summed E-state index contributed by atoms with van der Waals surface area (Å²) >= 11 is 0. The van der Waals surface area contributed by atoms with Crippen molar-refractivity contribution in [1.29, 1.82) is 0 Å². The van der Waals surface area contributed by atoms with Crippen LogP contribution in [0, 0.1) is 23.7 Å². The molecular weight excluding hydrogens is 260 g/mol. The van der Waals surface area contributed by atoms with Gasteiger partial charge in [-0.15, -0.1) is 6.58 Å². The number of allylic oxidation sites excluding steroid dienone is 1. The largest absolute Gasteiger partial charge is 0.469 e. The lowest BCUT2D eigenvalue weighted by molar-refractivity contribution is -0.145. The van der Waals surface area contributed by atoms with Crippen LogP contribution < -0.4 is 0 Å². The van der Waals surface area contributed by atoms with Crippen LogP contribution in [0.2, 0.25) is 0 Å². The number of methoxy groups -OCH3 is 1. The second kappa shape index (κ2) is 11.8. The van der Waals surface area contributed by atoms with E-state index in [4.69, 9.17) is 4.74 Å². The molecular formula is C19H36O2. The number of hydrogen-bond acceptors (Lipinski definition) is 2. The van der Waals surface area contributed by atoms with Gasteiger partial charge in [-0.05, 0) is 49.9 Å². The highest BCUT2D eigenvalue weighted by atomic mass is 16.5. The van der Waals surface area contributed by atoms with Crippen LogP contribution >= 0.6 is 0 Å². The molecule has 0 N–H and O–H groups in total. The lowest BCUT2D eigenvalue weighted by Gasteiger charge is -2.22. The third kappa shape index (κ3) is 10.6. The van der Waals surface area contributed by atoms with Crippen LogP contribution in [0.1, 0.15) is 72.6 Å². The summed E-state index contributed by atoms with van der Waals surface area (Å²) in [4.78, 5) is 11.5. The average molecular weight is 296 g/mol. The van der Waals surface area contributed by atoms with Crippen molar-refractivity contribution in [3.05, 3.63) is 12.7 Å². The van der Waals surface area contributed by atoms with Crippen molar-refractivity contribution in [3.63, 3.8) is 0 Å². The van der Waals surface area contributed by atoms with E-state index in [0.29, 0.717) is 5.92 Å². The van der Waals surface area contributed by atoms with Gasteiger partial charge in [0, 0.05) is 0 Å². The Bertz CT molecular complexity index is 285. The number of carbonyl (C=O) groups is 1. The monoisotopic (exact) mass is 296 g/mol. The SMILES string of the molecule is C=CCCCC[C@@H](C)C[C@@H](C)C[C@@H](C)C[C@H](C)C(=O)OC. The number of unbranched alkanes of at least 4 members (excludes halogenated alkanes) is 2. The Morgan fingerprint density at radius 1 is 1.00 bits per heavy atom. The molecule has 0 aliphatic carbocycles. The summed E-state index contributed by atoms with van der Waals surface area (Å²) in [5, 5.41) is 0. The van der Waals surface area contributed by atoms with Crippen molar-refractivity contribution in [2.24, 2.45) is 23.7 Å². The molecule has 0 fully saturated rings. The first kappa shape index (κ1) is 20.2. The molecule has 0 saturated heterocycles. The Hall–Kier alpha value is -0.790. The predicted octanol–water partition coefficient (Wildman–Crippen LogP) is 5.62. The van der Waals surface area contributed by atoms with Gasteiger partial charge in [0.25, 0.3) is 0 Å². The van der Waals surface area contributed by atoms with Crippen LogP contribution in [-0.4, -0.2) is 13.1 Å². The van der Waals surface area contributed by atoms with Crippen LogP contribution in [0.3, 0.4) is 0 Å². The van der Waals surface area contributed by atoms with Gasteiger partial charge in [0.1, 0.15) is 0 Å². The summed E-state index contributed by atoms with van der Waals surface area (Å²) in [5.74, 6) is 2.06. The molecule has 2 nitrogen and oxygen atoms in total. The summed E-state index contributed by atoms with van der Waals surface area (Å²) in [6, 6.07) is 0. The maximum Gasteiger partial charge on any atom is 0.308 e. The molecule has 0 aliphatic rings. The number of ether oxygens (including phenoxy) is 1. The van der Waals surface area contributed by atoms with Crippen molar-refractivity contribution < 1.29 is 9.53 Å². The van der Waals surface area contributed by atoms with Crippen molar-refractivity contribution in [2.75, 3.05) is 7.11 Å². The Labute approximate surface area is 132 Å². The summed E-state index contributed by atoms with van der Waals surface area (Å²) in [5.41, 5.74) is 0. The molecule has 0 saturated carbocycles. The highest BCUT2D eigenvalue weighted by molar-refractivity contribution is 5.71. The fourth-order valence-electron chi connectivity index (χ4n) is 3.37. The first-order valence-electron chi connectivity index (χ1n) is 8.59. The zero-order valence-electron chi connectivity index (χ0n) is 14.9. The third-order valence-electron chi connectivity index (χ3n) is 4.32. The van der Waals surface area contributed by atoms with Crippen molar-refractivity contribution in [3.8, 4) is 0 Å². The van der Waals surface area contributed by atoms with E-state index >= 15 is 0 Å². The molecule has 2 heteroatoms. The molecule has 0 aromatic heterocycles. The molecule has 4 atom stereocenters. The molecule has 0 amide bonds. The summed E-state index contributed by atoms with van der Waals surface area (Å²) in [7, 11) is 1.47. The van der Waals surface area contributed by atoms with E-state index in [2.05, 4.69) is 27.4 Å². The van der Waals surface area contributed by atoms with E-state index in [1.54, 1.807) is 0 Å². The predicted molar refractivity (Wildman–Crippen MR) is 91.2 cm³/mol. The number of carbonyl (C=O) groups excluding carboxylic acids is 1. The molecule has 0 aliphatic heterocycles. The molecule has 0 aromatic carbocycles. The molecule has 0 heterocycles. The first-order chi connectivity index (χ1) is 9.90. The quantitative estimate of drug-likeness (QED) is 0.265. The molecule has 0 bridgehead atoms. The van der Waals surface area contributed by atoms with Gasteiger partial charge in [-0.25, -0.2) is 0 Å². The zero-order chi connectivity index (χ0) is 16.3. The Balaban J connectivity index is 3.87. The minimum absolute atomic E-state index is 0.0218. The second-order valence-corrected chi connectivity index (χ2v) is 7.02. The van der Waals surface area contributed by atoms with Crippen LogP contribution in [0.25, 0.3) is 0 Å². The van der Waals surface area contributed by atoms with E-state index in [9.17, 15) is 4.79 Å². The van der Waals surface area contributed by atoms with Crippen molar-refractivity contribution in [2.45, 2.75) is 72.6 Å². The van der Waals surface area contributed by atoms with Crippen molar-refractivity contribution in [1.82, 2.24) is 0 Å². The Morgan fingerprint density at radius 3 is 2.14 bits per heavy atom. The minimum atomic E-state index is -0.0786. The molecule has 0 aromatic rings. The van der Waals surface area contributed by atoms with E-state index in [1.807, 2.05) is 13.0 Å². The average Bonchev–Trinajstić information content (AvgIpc) is 2.42. The molecule has 21 heavy (non-hydrogen) atoms. The van der Waals surface area contributed by atoms with Gasteiger partial charge >= 0.3 is 5.97 Å². The van der Waals surface area contributed by atoms with Gasteiger partial charge in [0.05, 0.1) is 13.0 Å². The zero-order valence-corrected chi connectivity index (χ0v) is 14.9. The molecule has 0 rings (SSSR count). The maximum absolute atomic E-state index is 11.5. The van der Waals surface area contributed by atoms with Gasteiger partial charge in [0.2, 0.25) is 0 Å². The smallest absolute Gasteiger partial charge is 0.308 e. The van der Waals surface area contributed by atoms with Gasteiger partial charge in [-0.3, -0.25) is 4.79 Å². The maximum atomic E-state index is 11.5. The van der Waals surface area contributed by atoms with Crippen LogP contribution in [0.15, 0.2) is 12.7 Å². The lowest BCUT2D eigenvalue weighted by Crippen LogP contribution is -2.17. The molecule has 0 spiro atoms. The van der Waals surface area contributed by atoms with Gasteiger partial charge < -0.3 is 4.74 Å². The fraction of sp³-hybridized carbons (Fsp3) is 0.842. The van der Waals surface area contributed by atoms with E-state index in [0.717, 1.165) is 24.7 Å². The van der Waals surface area contributed by atoms with Crippen LogP contribution in [-0.2, 0) is 9.53 Å². The number of hydrogen-bond donors (Lipinski definition) is 0. The summed E-state index contributed by atoms with van der Waals surface area (Å²) in [6.45, 7) is 12.7. The van der Waals surface area contributed by atoms with Gasteiger partial charge in [0.15, 0.2) is 0 Å². The fourth-order valence-corrected chi connectivity index (χ4v) is 3.37. The van der Waals surface area contributed by atoms with Crippen LogP contribution in [0.4, 0.5) is 0 Å². The van der Waals surface area contributed by atoms with Gasteiger partial charge in [-0.1, -0.05) is 46.6 Å². The normalized spacial score (nSPS) is 16.8. The Kier molecular flexibility index (Phi) is 11.4. The topological polar surface area (TPSA) is 26.3 Å². The second-order valence-electron chi connectivity index (χ2n) is 7.02. The standard InChI is InChI=1S/C19H36O2/c1-7-8-9-10-11-15(2)12-16(3)13-17(4)14-18(5)19(20)21-6/h7,15-18H,1,8-14H2,2-6H3/t15-,16-,17-,18+/m1/s1.